The number of methoxy groups -OCH3 is 2. The summed E-state index contributed by atoms with van der Waals surface area (Å²) in [5, 5.41) is 15.0. The van der Waals surface area contributed by atoms with Gasteiger partial charge in [0.25, 0.3) is 5.91 Å². The fourth-order valence-corrected chi connectivity index (χ4v) is 1.86. The normalized spacial score (nSPS) is 11.6. The molecule has 0 atom stereocenters. The molecule has 0 aromatic heterocycles. The smallest absolute Gasteiger partial charge is 0.257 e. The van der Waals surface area contributed by atoms with E-state index < -0.39 is 5.91 Å². The van der Waals surface area contributed by atoms with E-state index in [0.29, 0.717) is 17.0 Å². The molecule has 1 amide bonds. The van der Waals surface area contributed by atoms with E-state index in [1.807, 2.05) is 0 Å². The molecule has 1 aromatic carbocycles. The molecule has 0 unspecified atom stereocenters. The molecule has 6 nitrogen and oxygen atoms in total. The Hall–Kier alpha value is -2.64. The van der Waals surface area contributed by atoms with Gasteiger partial charge in [-0.2, -0.15) is 0 Å². The third kappa shape index (κ3) is 6.23. The van der Waals surface area contributed by atoms with Crippen molar-refractivity contribution in [2.75, 3.05) is 26.1 Å². The molecule has 128 valence electrons. The van der Waals surface area contributed by atoms with Gasteiger partial charge in [0.05, 0.1) is 19.4 Å². The second-order valence-electron chi connectivity index (χ2n) is 4.50. The average molecular weight is 348 g/mol. The van der Waals surface area contributed by atoms with Crippen molar-refractivity contribution in [3.63, 3.8) is 0 Å². The summed E-state index contributed by atoms with van der Waals surface area (Å²) in [5.41, 5.74) is 0.694. The van der Waals surface area contributed by atoms with Crippen molar-refractivity contribution in [1.29, 1.82) is 0 Å². The maximum atomic E-state index is 12.3. The van der Waals surface area contributed by atoms with Gasteiger partial charge >= 0.3 is 0 Å². The average Bonchev–Trinajstić information content (AvgIpc) is 2.57. The summed E-state index contributed by atoms with van der Waals surface area (Å²) in [7, 11) is 2.99. The van der Waals surface area contributed by atoms with Crippen molar-refractivity contribution in [3.8, 4) is 5.75 Å². The predicted octanol–water partition coefficient (Wildman–Crippen LogP) is 2.49. The maximum absolute atomic E-state index is 12.3. The Bertz CT molecular complexity index is 668. The lowest BCUT2D eigenvalue weighted by molar-refractivity contribution is -0.115. The Labute approximate surface area is 146 Å². The van der Waals surface area contributed by atoms with Crippen molar-refractivity contribution >= 4 is 28.9 Å². The Balaban J connectivity index is 2.84. The highest BCUT2D eigenvalue weighted by Gasteiger charge is 2.11. The zero-order valence-corrected chi connectivity index (χ0v) is 14.4. The van der Waals surface area contributed by atoms with Gasteiger partial charge in [0.1, 0.15) is 11.5 Å². The summed E-state index contributed by atoms with van der Waals surface area (Å²) < 4.78 is 10.0. The third-order valence-electron chi connectivity index (χ3n) is 2.85. The maximum Gasteiger partial charge on any atom is 0.257 e. The molecule has 24 heavy (non-hydrogen) atoms. The monoisotopic (exact) mass is 348 g/mol. The number of para-hydroxylation sites is 2. The summed E-state index contributed by atoms with van der Waals surface area (Å²) in [6.45, 7) is 3.84. The summed E-state index contributed by atoms with van der Waals surface area (Å²) in [4.78, 5) is 12.3. The molecule has 7 heteroatoms. The molecule has 0 bridgehead atoms. The van der Waals surface area contributed by atoms with Gasteiger partial charge in [0.15, 0.2) is 5.11 Å². The Morgan fingerprint density at radius 1 is 1.38 bits per heavy atom. The number of nitrogens with one attached hydrogen (secondary N) is 2. The first-order valence-electron chi connectivity index (χ1n) is 6.99. The molecule has 0 saturated carbocycles. The molecule has 0 spiro atoms. The number of carbonyl (C=O) groups excluding carboxylic acids is 1. The lowest BCUT2D eigenvalue weighted by atomic mass is 10.2. The van der Waals surface area contributed by atoms with Gasteiger partial charge < -0.3 is 19.9 Å². The highest BCUT2D eigenvalue weighted by molar-refractivity contribution is 7.80. The number of thiocarbonyl (C=S) groups is 1. The molecule has 0 aliphatic heterocycles. The molecule has 1 aromatic rings. The number of hydrogen-bond acceptors (Lipinski definition) is 5. The van der Waals surface area contributed by atoms with Crippen LogP contribution in [0, 0.1) is 0 Å². The molecule has 0 fully saturated rings. The fourth-order valence-electron chi connectivity index (χ4n) is 1.65. The molecule has 0 aliphatic rings. The van der Waals surface area contributed by atoms with Crippen LogP contribution in [-0.2, 0) is 14.3 Å². The second-order valence-corrected chi connectivity index (χ2v) is 4.90. The standard InChI is InChI=1S/C17H20N2O4S/c1-4-13(23-3)11-12(9-10-22-2)16(21)19-17(24)18-14-7-5-6-8-15(14)20/h4-9,11,20H,1,10H2,2-3H3,(H2,18,19,21,24). The van der Waals surface area contributed by atoms with Crippen molar-refractivity contribution in [2.45, 2.75) is 0 Å². The molecule has 1 rings (SSSR count). The topological polar surface area (TPSA) is 79.8 Å². The van der Waals surface area contributed by atoms with Gasteiger partial charge in [0, 0.05) is 12.7 Å². The van der Waals surface area contributed by atoms with Crippen LogP contribution < -0.4 is 10.6 Å². The molecule has 3 N–H and O–H groups in total. The van der Waals surface area contributed by atoms with E-state index in [2.05, 4.69) is 17.2 Å². The van der Waals surface area contributed by atoms with Crippen LogP contribution in [0.2, 0.25) is 0 Å². The number of benzene rings is 1. The minimum Gasteiger partial charge on any atom is -0.506 e. The van der Waals surface area contributed by atoms with Crippen LogP contribution in [-0.4, -0.2) is 37.0 Å². The first kappa shape index (κ1) is 19.4. The number of hydrogen-bond donors (Lipinski definition) is 3. The van der Waals surface area contributed by atoms with Crippen LogP contribution >= 0.6 is 12.2 Å². The van der Waals surface area contributed by atoms with Crippen molar-refractivity contribution in [3.05, 3.63) is 60.4 Å². The van der Waals surface area contributed by atoms with Gasteiger partial charge in [0.2, 0.25) is 0 Å². The number of phenols is 1. The quantitative estimate of drug-likeness (QED) is 0.231. The van der Waals surface area contributed by atoms with Gasteiger partial charge in [-0.05, 0) is 42.6 Å². The summed E-state index contributed by atoms with van der Waals surface area (Å²) in [6, 6.07) is 6.55. The van der Waals surface area contributed by atoms with Crippen LogP contribution in [0.15, 0.2) is 60.4 Å². The third-order valence-corrected chi connectivity index (χ3v) is 3.05. The number of ether oxygens (including phenoxy) is 2. The molecular weight excluding hydrogens is 328 g/mol. The number of phenolic OH excluding ortho intramolecular Hbond substituents is 1. The van der Waals surface area contributed by atoms with Gasteiger partial charge in [-0.15, -0.1) is 0 Å². The van der Waals surface area contributed by atoms with E-state index in [1.54, 1.807) is 24.3 Å². The Kier molecular flexibility index (Phi) is 8.24. The molecule has 0 heterocycles. The molecule has 0 aliphatic carbocycles. The highest BCUT2D eigenvalue weighted by Crippen LogP contribution is 2.21. The number of allylic oxidation sites excluding steroid dienone is 1. The molecular formula is C17H20N2O4S. The summed E-state index contributed by atoms with van der Waals surface area (Å²) in [6.07, 6.45) is 4.58. The SMILES string of the molecule is C=CC(=CC(=CCOC)C(=O)NC(=S)Nc1ccccc1O)OC. The lowest BCUT2D eigenvalue weighted by Crippen LogP contribution is -2.35. The number of rotatable bonds is 7. The first-order chi connectivity index (χ1) is 11.5. The highest BCUT2D eigenvalue weighted by atomic mass is 32.1. The van der Waals surface area contributed by atoms with Gasteiger partial charge in [-0.1, -0.05) is 18.7 Å². The number of carbonyl (C=O) groups is 1. The van der Waals surface area contributed by atoms with Crippen LogP contribution in [0.3, 0.4) is 0 Å². The molecule has 0 saturated heterocycles. The van der Waals surface area contributed by atoms with E-state index in [1.165, 1.54) is 32.4 Å². The van der Waals surface area contributed by atoms with Gasteiger partial charge in [-0.25, -0.2) is 0 Å². The summed E-state index contributed by atoms with van der Waals surface area (Å²) >= 11 is 5.09. The van der Waals surface area contributed by atoms with Crippen molar-refractivity contribution < 1.29 is 19.4 Å². The largest absolute Gasteiger partial charge is 0.506 e. The first-order valence-corrected chi connectivity index (χ1v) is 7.40. The zero-order valence-electron chi connectivity index (χ0n) is 13.5. The van der Waals surface area contributed by atoms with E-state index >= 15 is 0 Å². The van der Waals surface area contributed by atoms with E-state index in [-0.39, 0.29) is 17.5 Å². The lowest BCUT2D eigenvalue weighted by Gasteiger charge is -2.11. The number of amides is 1. The van der Waals surface area contributed by atoms with Crippen molar-refractivity contribution in [2.24, 2.45) is 0 Å². The van der Waals surface area contributed by atoms with E-state index in [9.17, 15) is 9.90 Å². The summed E-state index contributed by atoms with van der Waals surface area (Å²) in [5.74, 6) is 0.000857. The Morgan fingerprint density at radius 2 is 2.08 bits per heavy atom. The number of anilines is 1. The van der Waals surface area contributed by atoms with Crippen LogP contribution in [0.5, 0.6) is 5.75 Å². The van der Waals surface area contributed by atoms with Crippen LogP contribution in [0.1, 0.15) is 0 Å². The zero-order chi connectivity index (χ0) is 17.9. The number of aromatic hydroxyl groups is 1. The van der Waals surface area contributed by atoms with Crippen LogP contribution in [0.4, 0.5) is 5.69 Å². The minimum atomic E-state index is -0.448. The van der Waals surface area contributed by atoms with Gasteiger partial charge in [-0.3, -0.25) is 10.1 Å². The van der Waals surface area contributed by atoms with Crippen molar-refractivity contribution in [1.82, 2.24) is 5.32 Å². The minimum absolute atomic E-state index is 0.0254. The molecule has 0 radical (unpaired) electrons. The second kappa shape index (κ2) is 10.2. The fraction of sp³-hybridized carbons (Fsp3) is 0.176. The van der Waals surface area contributed by atoms with E-state index in [0.717, 1.165) is 0 Å². The predicted molar refractivity (Wildman–Crippen MR) is 97.7 cm³/mol. The van der Waals surface area contributed by atoms with E-state index in [4.69, 9.17) is 21.7 Å². The van der Waals surface area contributed by atoms with Crippen LogP contribution in [0.25, 0.3) is 0 Å². The Morgan fingerprint density at radius 3 is 2.67 bits per heavy atom.